The van der Waals surface area contributed by atoms with Crippen LogP contribution in [-0.4, -0.2) is 12.1 Å². The summed E-state index contributed by atoms with van der Waals surface area (Å²) < 4.78 is 13.9. The van der Waals surface area contributed by atoms with Crippen LogP contribution in [0.1, 0.15) is 42.7 Å². The second kappa shape index (κ2) is 3.85. The molecule has 2 atom stereocenters. The SMILES string of the molecule is Cc1ccc(C2CC3CCC(C2)N3)c(F)c1. The van der Waals surface area contributed by atoms with Crippen molar-refractivity contribution in [3.63, 3.8) is 0 Å². The maximum absolute atomic E-state index is 13.9. The molecule has 2 aliphatic heterocycles. The van der Waals surface area contributed by atoms with Gasteiger partial charge in [0.15, 0.2) is 0 Å². The Morgan fingerprint density at radius 1 is 1.19 bits per heavy atom. The number of fused-ring (bicyclic) bond motifs is 2. The van der Waals surface area contributed by atoms with Gasteiger partial charge >= 0.3 is 0 Å². The topological polar surface area (TPSA) is 12.0 Å². The van der Waals surface area contributed by atoms with Gasteiger partial charge in [0, 0.05) is 12.1 Å². The summed E-state index contributed by atoms with van der Waals surface area (Å²) in [6.07, 6.45) is 4.76. The molecule has 0 saturated carbocycles. The molecule has 0 aliphatic carbocycles. The minimum atomic E-state index is -0.00806. The van der Waals surface area contributed by atoms with E-state index in [1.165, 1.54) is 12.8 Å². The Morgan fingerprint density at radius 2 is 1.88 bits per heavy atom. The van der Waals surface area contributed by atoms with Crippen LogP contribution in [-0.2, 0) is 0 Å². The molecule has 0 spiro atoms. The summed E-state index contributed by atoms with van der Waals surface area (Å²) in [6.45, 7) is 1.94. The molecule has 2 fully saturated rings. The summed E-state index contributed by atoms with van der Waals surface area (Å²) in [5.74, 6) is 0.422. The van der Waals surface area contributed by atoms with Crippen LogP contribution >= 0.6 is 0 Å². The molecule has 2 bridgehead atoms. The molecule has 16 heavy (non-hydrogen) atoms. The minimum absolute atomic E-state index is 0.00806. The number of nitrogens with one attached hydrogen (secondary N) is 1. The van der Waals surface area contributed by atoms with Gasteiger partial charge in [0.25, 0.3) is 0 Å². The Labute approximate surface area is 96.1 Å². The highest BCUT2D eigenvalue weighted by molar-refractivity contribution is 5.27. The summed E-state index contributed by atoms with van der Waals surface area (Å²) >= 11 is 0. The van der Waals surface area contributed by atoms with Crippen LogP contribution in [0, 0.1) is 12.7 Å². The molecule has 2 aliphatic rings. The van der Waals surface area contributed by atoms with E-state index in [0.29, 0.717) is 18.0 Å². The van der Waals surface area contributed by atoms with Crippen molar-refractivity contribution in [1.82, 2.24) is 5.32 Å². The maximum Gasteiger partial charge on any atom is 0.126 e. The zero-order valence-electron chi connectivity index (χ0n) is 9.67. The van der Waals surface area contributed by atoms with Gasteiger partial charge < -0.3 is 5.32 Å². The first-order chi connectivity index (χ1) is 7.72. The van der Waals surface area contributed by atoms with Crippen LogP contribution in [0.2, 0.25) is 0 Å². The van der Waals surface area contributed by atoms with E-state index in [0.717, 1.165) is 24.0 Å². The van der Waals surface area contributed by atoms with Gasteiger partial charge in [0.05, 0.1) is 0 Å². The molecule has 2 saturated heterocycles. The van der Waals surface area contributed by atoms with Crippen LogP contribution in [0.4, 0.5) is 4.39 Å². The zero-order chi connectivity index (χ0) is 11.1. The molecule has 86 valence electrons. The Morgan fingerprint density at radius 3 is 2.50 bits per heavy atom. The number of benzene rings is 1. The van der Waals surface area contributed by atoms with Crippen molar-refractivity contribution >= 4 is 0 Å². The van der Waals surface area contributed by atoms with Crippen LogP contribution in [0.5, 0.6) is 0 Å². The van der Waals surface area contributed by atoms with Crippen LogP contribution in [0.3, 0.4) is 0 Å². The lowest BCUT2D eigenvalue weighted by Gasteiger charge is -2.29. The van der Waals surface area contributed by atoms with Crippen molar-refractivity contribution in [2.24, 2.45) is 0 Å². The van der Waals surface area contributed by atoms with E-state index in [2.05, 4.69) is 5.32 Å². The van der Waals surface area contributed by atoms with Gasteiger partial charge in [-0.1, -0.05) is 12.1 Å². The van der Waals surface area contributed by atoms with Crippen molar-refractivity contribution in [3.05, 3.63) is 35.1 Å². The van der Waals surface area contributed by atoms with Crippen molar-refractivity contribution in [3.8, 4) is 0 Å². The van der Waals surface area contributed by atoms with Gasteiger partial charge in [-0.2, -0.15) is 0 Å². The lowest BCUT2D eigenvalue weighted by Crippen LogP contribution is -2.37. The first kappa shape index (κ1) is 10.3. The number of rotatable bonds is 1. The Kier molecular flexibility index (Phi) is 2.47. The minimum Gasteiger partial charge on any atom is -0.311 e. The van der Waals surface area contributed by atoms with E-state index in [-0.39, 0.29) is 5.82 Å². The second-order valence-corrected chi connectivity index (χ2v) is 5.33. The summed E-state index contributed by atoms with van der Waals surface area (Å²) in [7, 11) is 0. The van der Waals surface area contributed by atoms with E-state index in [1.807, 2.05) is 19.1 Å². The molecular formula is C14H18FN. The van der Waals surface area contributed by atoms with E-state index in [1.54, 1.807) is 6.07 Å². The normalized spacial score (nSPS) is 33.0. The van der Waals surface area contributed by atoms with Crippen LogP contribution in [0.15, 0.2) is 18.2 Å². The predicted octanol–water partition coefficient (Wildman–Crippen LogP) is 3.13. The van der Waals surface area contributed by atoms with Gasteiger partial charge in [-0.25, -0.2) is 4.39 Å². The number of hydrogen-bond donors (Lipinski definition) is 1. The molecule has 2 heteroatoms. The smallest absolute Gasteiger partial charge is 0.126 e. The van der Waals surface area contributed by atoms with Crippen LogP contribution < -0.4 is 5.32 Å². The lowest BCUT2D eigenvalue weighted by atomic mass is 9.85. The van der Waals surface area contributed by atoms with Gasteiger partial charge in [-0.15, -0.1) is 0 Å². The highest BCUT2D eigenvalue weighted by Crippen LogP contribution is 2.38. The van der Waals surface area contributed by atoms with E-state index in [4.69, 9.17) is 0 Å². The van der Waals surface area contributed by atoms with E-state index >= 15 is 0 Å². The number of aryl methyl sites for hydroxylation is 1. The van der Waals surface area contributed by atoms with Gasteiger partial charge in [-0.3, -0.25) is 0 Å². The quantitative estimate of drug-likeness (QED) is 0.765. The molecule has 1 nitrogen and oxygen atoms in total. The summed E-state index contributed by atoms with van der Waals surface area (Å²) in [5.41, 5.74) is 1.95. The summed E-state index contributed by atoms with van der Waals surface area (Å²) in [4.78, 5) is 0. The van der Waals surface area contributed by atoms with Gasteiger partial charge in [-0.05, 0) is 55.7 Å². The lowest BCUT2D eigenvalue weighted by molar-refractivity contribution is 0.356. The standard InChI is InChI=1S/C14H18FN/c1-9-2-5-13(14(15)6-9)10-7-11-3-4-12(8-10)16-11/h2,5-6,10-12,16H,3-4,7-8H2,1H3. The molecule has 0 aromatic heterocycles. The molecule has 0 amide bonds. The molecule has 1 aromatic rings. The Bertz CT molecular complexity index is 390. The fourth-order valence-corrected chi connectivity index (χ4v) is 3.27. The molecule has 1 N–H and O–H groups in total. The molecule has 0 radical (unpaired) electrons. The predicted molar refractivity (Wildman–Crippen MR) is 63.1 cm³/mol. The molecule has 2 heterocycles. The zero-order valence-corrected chi connectivity index (χ0v) is 9.67. The molecule has 1 aromatic carbocycles. The van der Waals surface area contributed by atoms with Crippen molar-refractivity contribution < 1.29 is 4.39 Å². The average Bonchev–Trinajstić information content (AvgIpc) is 2.58. The third kappa shape index (κ3) is 1.75. The van der Waals surface area contributed by atoms with Gasteiger partial charge in [0.2, 0.25) is 0 Å². The summed E-state index contributed by atoms with van der Waals surface area (Å²) in [6, 6.07) is 6.94. The van der Waals surface area contributed by atoms with Crippen molar-refractivity contribution in [2.45, 2.75) is 50.6 Å². The maximum atomic E-state index is 13.9. The first-order valence-electron chi connectivity index (χ1n) is 6.24. The van der Waals surface area contributed by atoms with E-state index < -0.39 is 0 Å². The highest BCUT2D eigenvalue weighted by atomic mass is 19.1. The average molecular weight is 219 g/mol. The van der Waals surface area contributed by atoms with E-state index in [9.17, 15) is 4.39 Å². The fraction of sp³-hybridized carbons (Fsp3) is 0.571. The fourth-order valence-electron chi connectivity index (χ4n) is 3.27. The number of hydrogen-bond acceptors (Lipinski definition) is 1. The Balaban J connectivity index is 1.87. The van der Waals surface area contributed by atoms with Crippen LogP contribution in [0.25, 0.3) is 0 Å². The highest BCUT2D eigenvalue weighted by Gasteiger charge is 2.34. The molecule has 2 unspecified atom stereocenters. The summed E-state index contributed by atoms with van der Waals surface area (Å²) in [5, 5.41) is 3.60. The third-order valence-electron chi connectivity index (χ3n) is 4.07. The van der Waals surface area contributed by atoms with Crippen molar-refractivity contribution in [2.75, 3.05) is 0 Å². The Hall–Kier alpha value is -0.890. The monoisotopic (exact) mass is 219 g/mol. The third-order valence-corrected chi connectivity index (χ3v) is 4.07. The van der Waals surface area contributed by atoms with Crippen molar-refractivity contribution in [1.29, 1.82) is 0 Å². The largest absolute Gasteiger partial charge is 0.311 e. The molecular weight excluding hydrogens is 201 g/mol. The second-order valence-electron chi connectivity index (χ2n) is 5.33. The number of piperidine rings is 1. The number of halogens is 1. The molecule has 3 rings (SSSR count). The van der Waals surface area contributed by atoms with Gasteiger partial charge in [0.1, 0.15) is 5.82 Å². The first-order valence-corrected chi connectivity index (χ1v) is 6.24.